The van der Waals surface area contributed by atoms with Crippen LogP contribution in [0.5, 0.6) is 11.5 Å². The van der Waals surface area contributed by atoms with Gasteiger partial charge in [0.15, 0.2) is 0 Å². The highest BCUT2D eigenvalue weighted by Gasteiger charge is 2.31. The van der Waals surface area contributed by atoms with Crippen molar-refractivity contribution in [3.63, 3.8) is 0 Å². The Hall–Kier alpha value is -3.85. The van der Waals surface area contributed by atoms with E-state index in [4.69, 9.17) is 4.74 Å². The Balaban J connectivity index is 1.89. The SMILES string of the molecule is CC(C)C[C@@H]1NC(=O)[C@@H](C(C)C)NC(=O)[C@@H](Cc2ccc(O)cc2)NCCOc2ccccc2C=CCNC1=O. The molecule has 9 nitrogen and oxygen atoms in total. The van der Waals surface area contributed by atoms with Crippen LogP contribution in [0.25, 0.3) is 6.08 Å². The molecule has 1 aliphatic rings. The Labute approximate surface area is 236 Å². The smallest absolute Gasteiger partial charge is 0.243 e. The van der Waals surface area contributed by atoms with Crippen LogP contribution in [-0.4, -0.2) is 60.6 Å². The lowest BCUT2D eigenvalue weighted by Gasteiger charge is -2.28. The van der Waals surface area contributed by atoms with E-state index in [1.807, 2.05) is 64.1 Å². The molecular formula is C31H42N4O5. The van der Waals surface area contributed by atoms with Crippen LogP contribution in [0.4, 0.5) is 0 Å². The minimum Gasteiger partial charge on any atom is -0.508 e. The summed E-state index contributed by atoms with van der Waals surface area (Å²) in [6.45, 7) is 8.68. The summed E-state index contributed by atoms with van der Waals surface area (Å²) in [6, 6.07) is 12.0. The molecule has 1 heterocycles. The van der Waals surface area contributed by atoms with Gasteiger partial charge in [0.25, 0.3) is 0 Å². The third-order valence-electron chi connectivity index (χ3n) is 6.64. The minimum absolute atomic E-state index is 0.142. The number of fused-ring (bicyclic) bond motifs is 1. The summed E-state index contributed by atoms with van der Waals surface area (Å²) in [7, 11) is 0. The molecule has 0 bridgehead atoms. The van der Waals surface area contributed by atoms with Crippen molar-refractivity contribution in [3.8, 4) is 11.5 Å². The predicted octanol–water partition coefficient (Wildman–Crippen LogP) is 2.79. The van der Waals surface area contributed by atoms with Crippen molar-refractivity contribution in [2.75, 3.05) is 19.7 Å². The number of nitrogens with one attached hydrogen (secondary N) is 4. The van der Waals surface area contributed by atoms with Crippen molar-refractivity contribution >= 4 is 23.8 Å². The molecule has 2 aromatic rings. The second-order valence-electron chi connectivity index (χ2n) is 10.8. The summed E-state index contributed by atoms with van der Waals surface area (Å²) in [5.41, 5.74) is 1.71. The van der Waals surface area contributed by atoms with E-state index in [0.29, 0.717) is 38.3 Å². The van der Waals surface area contributed by atoms with Gasteiger partial charge in [0.1, 0.15) is 30.2 Å². The number of ether oxygens (including phenoxy) is 1. The molecule has 3 amide bonds. The van der Waals surface area contributed by atoms with Crippen LogP contribution in [0.15, 0.2) is 54.6 Å². The van der Waals surface area contributed by atoms with Gasteiger partial charge in [-0.2, -0.15) is 0 Å². The number of phenolic OH excluding ortho intramolecular Hbond substituents is 1. The first-order valence-electron chi connectivity index (χ1n) is 13.9. The summed E-state index contributed by atoms with van der Waals surface area (Å²) in [6.07, 6.45) is 4.54. The highest BCUT2D eigenvalue weighted by molar-refractivity contribution is 5.93. The number of para-hydroxylation sites is 1. The third-order valence-corrected chi connectivity index (χ3v) is 6.64. The minimum atomic E-state index is -0.832. The Morgan fingerprint density at radius 2 is 1.62 bits per heavy atom. The molecule has 0 unspecified atom stereocenters. The number of carbonyl (C=O) groups excluding carboxylic acids is 3. The maximum Gasteiger partial charge on any atom is 0.243 e. The van der Waals surface area contributed by atoms with Crippen LogP contribution >= 0.6 is 0 Å². The van der Waals surface area contributed by atoms with Crippen LogP contribution in [0.3, 0.4) is 0 Å². The van der Waals surface area contributed by atoms with Crippen LogP contribution in [0.1, 0.15) is 45.2 Å². The number of phenols is 1. The van der Waals surface area contributed by atoms with Gasteiger partial charge in [-0.05, 0) is 48.4 Å². The van der Waals surface area contributed by atoms with Gasteiger partial charge in [0.05, 0.1) is 6.04 Å². The third kappa shape index (κ3) is 9.41. The number of hydrogen-bond donors (Lipinski definition) is 5. The molecule has 5 N–H and O–H groups in total. The molecule has 0 radical (unpaired) electrons. The normalized spacial score (nSPS) is 21.4. The molecule has 0 saturated heterocycles. The van der Waals surface area contributed by atoms with Gasteiger partial charge in [0.2, 0.25) is 17.7 Å². The van der Waals surface area contributed by atoms with Crippen LogP contribution in [0.2, 0.25) is 0 Å². The monoisotopic (exact) mass is 550 g/mol. The summed E-state index contributed by atoms with van der Waals surface area (Å²) < 4.78 is 6.01. The van der Waals surface area contributed by atoms with Crippen molar-refractivity contribution in [2.24, 2.45) is 11.8 Å². The molecule has 0 spiro atoms. The summed E-state index contributed by atoms with van der Waals surface area (Å²) in [4.78, 5) is 40.0. The van der Waals surface area contributed by atoms with Crippen molar-refractivity contribution in [1.29, 1.82) is 0 Å². The van der Waals surface area contributed by atoms with E-state index < -0.39 is 24.0 Å². The lowest BCUT2D eigenvalue weighted by Crippen LogP contribution is -2.58. The fourth-order valence-electron chi connectivity index (χ4n) is 4.49. The number of benzene rings is 2. The van der Waals surface area contributed by atoms with E-state index in [0.717, 1.165) is 11.1 Å². The fourth-order valence-corrected chi connectivity index (χ4v) is 4.49. The average molecular weight is 551 g/mol. The quantitative estimate of drug-likeness (QED) is 0.390. The highest BCUT2D eigenvalue weighted by atomic mass is 16.5. The second kappa shape index (κ2) is 15.1. The molecule has 216 valence electrons. The topological polar surface area (TPSA) is 129 Å². The predicted molar refractivity (Wildman–Crippen MR) is 156 cm³/mol. The Bertz CT molecular complexity index is 1160. The van der Waals surface area contributed by atoms with Crippen LogP contribution < -0.4 is 26.0 Å². The highest BCUT2D eigenvalue weighted by Crippen LogP contribution is 2.19. The number of amides is 3. The molecule has 0 aliphatic carbocycles. The molecule has 0 fully saturated rings. The van der Waals surface area contributed by atoms with Gasteiger partial charge < -0.3 is 31.1 Å². The van der Waals surface area contributed by atoms with E-state index in [-0.39, 0.29) is 29.4 Å². The number of rotatable bonds is 5. The zero-order chi connectivity index (χ0) is 29.1. The molecular weight excluding hydrogens is 508 g/mol. The van der Waals surface area contributed by atoms with Gasteiger partial charge in [0, 0.05) is 18.7 Å². The molecule has 0 aromatic heterocycles. The Kier molecular flexibility index (Phi) is 11.6. The average Bonchev–Trinajstić information content (AvgIpc) is 2.91. The number of aromatic hydroxyl groups is 1. The van der Waals surface area contributed by atoms with Crippen molar-refractivity contribution in [1.82, 2.24) is 21.3 Å². The lowest BCUT2D eigenvalue weighted by molar-refractivity contribution is -0.133. The van der Waals surface area contributed by atoms with Gasteiger partial charge in [-0.3, -0.25) is 14.4 Å². The van der Waals surface area contributed by atoms with Crippen LogP contribution in [-0.2, 0) is 20.8 Å². The maximum absolute atomic E-state index is 13.5. The van der Waals surface area contributed by atoms with E-state index in [9.17, 15) is 19.5 Å². The zero-order valence-corrected chi connectivity index (χ0v) is 23.8. The van der Waals surface area contributed by atoms with Crippen molar-refractivity contribution < 1.29 is 24.2 Å². The first-order valence-corrected chi connectivity index (χ1v) is 13.9. The van der Waals surface area contributed by atoms with E-state index in [1.54, 1.807) is 24.3 Å². The molecule has 40 heavy (non-hydrogen) atoms. The maximum atomic E-state index is 13.5. The van der Waals surface area contributed by atoms with Crippen molar-refractivity contribution in [3.05, 3.63) is 65.7 Å². The Morgan fingerprint density at radius 3 is 2.33 bits per heavy atom. The molecule has 3 rings (SSSR count). The number of hydrogen-bond acceptors (Lipinski definition) is 6. The first kappa shape index (κ1) is 30.7. The number of carbonyl (C=O) groups is 3. The lowest BCUT2D eigenvalue weighted by atomic mass is 9.99. The van der Waals surface area contributed by atoms with Crippen LogP contribution in [0, 0.1) is 11.8 Å². The van der Waals surface area contributed by atoms with E-state index >= 15 is 0 Å². The van der Waals surface area contributed by atoms with E-state index in [1.165, 1.54) is 0 Å². The first-order chi connectivity index (χ1) is 19.1. The summed E-state index contributed by atoms with van der Waals surface area (Å²) in [5, 5.41) is 21.6. The second-order valence-corrected chi connectivity index (χ2v) is 10.8. The fraction of sp³-hybridized carbons (Fsp3) is 0.452. The summed E-state index contributed by atoms with van der Waals surface area (Å²) in [5.74, 6) is -0.231. The molecule has 0 saturated carbocycles. The zero-order valence-electron chi connectivity index (χ0n) is 23.8. The molecule has 3 atom stereocenters. The van der Waals surface area contributed by atoms with E-state index in [2.05, 4.69) is 21.3 Å². The Morgan fingerprint density at radius 1 is 0.900 bits per heavy atom. The van der Waals surface area contributed by atoms with Gasteiger partial charge in [-0.1, -0.05) is 70.2 Å². The van der Waals surface area contributed by atoms with Crippen molar-refractivity contribution in [2.45, 2.75) is 58.7 Å². The summed E-state index contributed by atoms with van der Waals surface area (Å²) >= 11 is 0. The van der Waals surface area contributed by atoms with Gasteiger partial charge in [-0.15, -0.1) is 0 Å². The van der Waals surface area contributed by atoms with Gasteiger partial charge >= 0.3 is 0 Å². The largest absolute Gasteiger partial charge is 0.508 e. The van der Waals surface area contributed by atoms with Gasteiger partial charge in [-0.25, -0.2) is 0 Å². The molecule has 9 heteroatoms. The molecule has 1 aliphatic heterocycles. The molecule has 2 aromatic carbocycles. The standard InChI is InChI=1S/C31H42N4O5/c1-20(2)18-26-29(37)33-15-7-9-23-8-5-6-10-27(23)40-17-16-32-25(19-22-11-13-24(36)14-12-22)30(38)35-28(21(3)4)31(39)34-26/h5-14,20-21,25-26,28,32,36H,15-19H2,1-4H3,(H,33,37)(H,34,39)(H,35,38)/t25-,26+,28-/m1/s1.